The molecule has 2 N–H and O–H groups in total. The maximum atomic E-state index is 12.1. The molecule has 4 nitrogen and oxygen atoms in total. The molecule has 0 aliphatic heterocycles. The Morgan fingerprint density at radius 3 is 2.89 bits per heavy atom. The normalized spacial score (nSPS) is 12.6. The van der Waals surface area contributed by atoms with E-state index in [0.717, 1.165) is 15.4 Å². The number of amides is 1. The summed E-state index contributed by atoms with van der Waals surface area (Å²) < 4.78 is 6.53. The third-order valence-electron chi connectivity index (χ3n) is 3.15. The van der Waals surface area contributed by atoms with Crippen LogP contribution in [-0.4, -0.2) is 23.7 Å². The molecule has 0 fully saturated rings. The van der Waals surface area contributed by atoms with Gasteiger partial charge in [0, 0.05) is 15.4 Å². The summed E-state index contributed by atoms with van der Waals surface area (Å²) in [5.74, 6) is 0.0192. The maximum Gasteiger partial charge on any atom is 0.287 e. The fraction of sp³-hybridized carbons (Fsp3) is 0.357. The van der Waals surface area contributed by atoms with Gasteiger partial charge in [-0.2, -0.15) is 0 Å². The number of aryl methyl sites for hydroxylation is 1. The minimum Gasteiger partial charge on any atom is -0.451 e. The Bertz CT molecular complexity index is 602. The van der Waals surface area contributed by atoms with Gasteiger partial charge in [-0.1, -0.05) is 22.9 Å². The van der Waals surface area contributed by atoms with E-state index in [2.05, 4.69) is 21.2 Å². The lowest BCUT2D eigenvalue weighted by Gasteiger charge is -2.12. The highest BCUT2D eigenvalue weighted by Gasteiger charge is 2.19. The van der Waals surface area contributed by atoms with Gasteiger partial charge in [0.2, 0.25) is 0 Å². The number of carbonyl (C=O) groups excluding carboxylic acids is 1. The highest BCUT2D eigenvalue weighted by atomic mass is 79.9. The van der Waals surface area contributed by atoms with E-state index in [1.807, 2.05) is 32.0 Å². The molecule has 2 rings (SSSR count). The molecular weight excluding hydrogens is 310 g/mol. The van der Waals surface area contributed by atoms with Gasteiger partial charge in [0.1, 0.15) is 5.58 Å². The van der Waals surface area contributed by atoms with Crippen LogP contribution in [-0.2, 0) is 0 Å². The summed E-state index contributed by atoms with van der Waals surface area (Å²) in [4.78, 5) is 12.1. The van der Waals surface area contributed by atoms with Crippen molar-refractivity contribution in [1.29, 1.82) is 0 Å². The van der Waals surface area contributed by atoms with E-state index in [0.29, 0.717) is 17.8 Å². The number of nitrogens with one attached hydrogen (secondary N) is 1. The van der Waals surface area contributed by atoms with Crippen LogP contribution in [0.3, 0.4) is 0 Å². The van der Waals surface area contributed by atoms with Crippen molar-refractivity contribution in [2.24, 2.45) is 0 Å². The van der Waals surface area contributed by atoms with Crippen molar-refractivity contribution in [3.8, 4) is 0 Å². The van der Waals surface area contributed by atoms with Crippen LogP contribution < -0.4 is 5.32 Å². The second kappa shape index (κ2) is 5.75. The standard InChI is InChI=1S/C14H16BrNO3/c1-3-10(7-17)16-14(18)13-8(2)11-6-9(15)4-5-12(11)19-13/h4-6,10,17H,3,7H2,1-2H3,(H,16,18)/t10-/m1/s1. The van der Waals surface area contributed by atoms with Crippen molar-refractivity contribution in [1.82, 2.24) is 5.32 Å². The molecular formula is C14H16BrNO3. The highest BCUT2D eigenvalue weighted by Crippen LogP contribution is 2.28. The van der Waals surface area contributed by atoms with E-state index in [1.165, 1.54) is 0 Å². The largest absolute Gasteiger partial charge is 0.451 e. The van der Waals surface area contributed by atoms with Crippen LogP contribution in [0.5, 0.6) is 0 Å². The molecule has 1 atom stereocenters. The van der Waals surface area contributed by atoms with Crippen molar-refractivity contribution in [3.63, 3.8) is 0 Å². The average Bonchev–Trinajstić information content (AvgIpc) is 2.73. The zero-order valence-corrected chi connectivity index (χ0v) is 12.5. The molecule has 1 amide bonds. The molecule has 1 aromatic carbocycles. The zero-order valence-electron chi connectivity index (χ0n) is 10.9. The summed E-state index contributed by atoms with van der Waals surface area (Å²) in [5, 5.41) is 12.8. The lowest BCUT2D eigenvalue weighted by molar-refractivity contribution is 0.0888. The summed E-state index contributed by atoms with van der Waals surface area (Å²) in [6.45, 7) is 3.68. The van der Waals surface area contributed by atoms with Crippen molar-refractivity contribution in [2.75, 3.05) is 6.61 Å². The van der Waals surface area contributed by atoms with Gasteiger partial charge < -0.3 is 14.8 Å². The van der Waals surface area contributed by atoms with Crippen LogP contribution in [0.4, 0.5) is 0 Å². The summed E-state index contributed by atoms with van der Waals surface area (Å²) in [6, 6.07) is 5.38. The Morgan fingerprint density at radius 2 is 2.26 bits per heavy atom. The predicted octanol–water partition coefficient (Wildman–Crippen LogP) is 3.00. The van der Waals surface area contributed by atoms with Crippen LogP contribution >= 0.6 is 15.9 Å². The molecule has 0 bridgehead atoms. The van der Waals surface area contributed by atoms with Crippen molar-refractivity contribution in [2.45, 2.75) is 26.3 Å². The molecule has 0 unspecified atom stereocenters. The smallest absolute Gasteiger partial charge is 0.287 e. The Hall–Kier alpha value is -1.33. The number of furan rings is 1. The van der Waals surface area contributed by atoms with Gasteiger partial charge in [-0.3, -0.25) is 4.79 Å². The molecule has 5 heteroatoms. The van der Waals surface area contributed by atoms with E-state index < -0.39 is 0 Å². The predicted molar refractivity (Wildman–Crippen MR) is 77.3 cm³/mol. The van der Waals surface area contributed by atoms with Gasteiger partial charge in [-0.05, 0) is 31.5 Å². The summed E-state index contributed by atoms with van der Waals surface area (Å²) in [7, 11) is 0. The Kier molecular flexibility index (Phi) is 4.27. The molecule has 102 valence electrons. The monoisotopic (exact) mass is 325 g/mol. The van der Waals surface area contributed by atoms with E-state index in [9.17, 15) is 4.79 Å². The van der Waals surface area contributed by atoms with Crippen molar-refractivity contribution < 1.29 is 14.3 Å². The Morgan fingerprint density at radius 1 is 1.53 bits per heavy atom. The molecule has 0 aliphatic carbocycles. The zero-order chi connectivity index (χ0) is 14.0. The molecule has 1 aromatic heterocycles. The molecule has 0 aliphatic rings. The van der Waals surface area contributed by atoms with Gasteiger partial charge >= 0.3 is 0 Å². The first-order chi connectivity index (χ1) is 9.06. The molecule has 1 heterocycles. The molecule has 0 spiro atoms. The van der Waals surface area contributed by atoms with Crippen LogP contribution in [0.2, 0.25) is 0 Å². The SMILES string of the molecule is CC[C@H](CO)NC(=O)c1oc2ccc(Br)cc2c1C. The highest BCUT2D eigenvalue weighted by molar-refractivity contribution is 9.10. The lowest BCUT2D eigenvalue weighted by Crippen LogP contribution is -2.37. The topological polar surface area (TPSA) is 62.5 Å². The van der Waals surface area contributed by atoms with E-state index in [4.69, 9.17) is 9.52 Å². The maximum absolute atomic E-state index is 12.1. The van der Waals surface area contributed by atoms with Gasteiger partial charge in [0.15, 0.2) is 5.76 Å². The first-order valence-corrected chi connectivity index (χ1v) is 6.96. The quantitative estimate of drug-likeness (QED) is 0.908. The summed E-state index contributed by atoms with van der Waals surface area (Å²) in [6.07, 6.45) is 0.674. The number of halogens is 1. The molecule has 19 heavy (non-hydrogen) atoms. The van der Waals surface area contributed by atoms with Crippen LogP contribution in [0.25, 0.3) is 11.0 Å². The van der Waals surface area contributed by atoms with Crippen LogP contribution in [0.15, 0.2) is 27.1 Å². The number of aliphatic hydroxyl groups is 1. The van der Waals surface area contributed by atoms with E-state index >= 15 is 0 Å². The van der Waals surface area contributed by atoms with Crippen LogP contribution in [0, 0.1) is 6.92 Å². The molecule has 0 saturated carbocycles. The molecule has 0 radical (unpaired) electrons. The second-order valence-corrected chi connectivity index (χ2v) is 5.37. The first-order valence-electron chi connectivity index (χ1n) is 6.17. The van der Waals surface area contributed by atoms with Crippen molar-refractivity contribution in [3.05, 3.63) is 34.0 Å². The minimum absolute atomic E-state index is 0.0763. The van der Waals surface area contributed by atoms with Crippen molar-refractivity contribution >= 4 is 32.8 Å². The number of carbonyl (C=O) groups is 1. The molecule has 0 saturated heterocycles. The fourth-order valence-corrected chi connectivity index (χ4v) is 2.30. The average molecular weight is 326 g/mol. The number of hydrogen-bond acceptors (Lipinski definition) is 3. The number of fused-ring (bicyclic) bond motifs is 1. The van der Waals surface area contributed by atoms with Gasteiger partial charge in [0.05, 0.1) is 12.6 Å². The Balaban J connectivity index is 2.35. The lowest BCUT2D eigenvalue weighted by atomic mass is 10.1. The fourth-order valence-electron chi connectivity index (χ4n) is 1.94. The van der Waals surface area contributed by atoms with Crippen LogP contribution in [0.1, 0.15) is 29.5 Å². The third-order valence-corrected chi connectivity index (χ3v) is 3.65. The van der Waals surface area contributed by atoms with E-state index in [-0.39, 0.29) is 18.6 Å². The first kappa shape index (κ1) is 14.1. The summed E-state index contributed by atoms with van der Waals surface area (Å²) >= 11 is 3.40. The van der Waals surface area contributed by atoms with Gasteiger partial charge in [-0.25, -0.2) is 0 Å². The molecule has 2 aromatic rings. The minimum atomic E-state index is -0.286. The second-order valence-electron chi connectivity index (χ2n) is 4.46. The summed E-state index contributed by atoms with van der Waals surface area (Å²) in [5.41, 5.74) is 1.49. The van der Waals surface area contributed by atoms with E-state index in [1.54, 1.807) is 0 Å². The third kappa shape index (κ3) is 2.82. The Labute approximate surface area is 119 Å². The number of aliphatic hydroxyl groups excluding tert-OH is 1. The van der Waals surface area contributed by atoms with Gasteiger partial charge in [0.25, 0.3) is 5.91 Å². The van der Waals surface area contributed by atoms with Gasteiger partial charge in [-0.15, -0.1) is 0 Å². The number of benzene rings is 1. The number of hydrogen-bond donors (Lipinski definition) is 2. The number of rotatable bonds is 4.